The number of benzene rings is 1. The SMILES string of the molecule is I.NC(N)=NCc1ccccc1OCCN1CCOCC1. The lowest BCUT2D eigenvalue weighted by atomic mass is 10.2. The monoisotopic (exact) mass is 406 g/mol. The summed E-state index contributed by atoms with van der Waals surface area (Å²) < 4.78 is 11.2. The summed E-state index contributed by atoms with van der Waals surface area (Å²) in [5.74, 6) is 0.930. The van der Waals surface area contributed by atoms with Gasteiger partial charge in [0.05, 0.1) is 19.8 Å². The first-order valence-corrected chi connectivity index (χ1v) is 6.82. The van der Waals surface area contributed by atoms with Crippen LogP contribution in [-0.4, -0.2) is 50.3 Å². The molecule has 118 valence electrons. The molecule has 0 aliphatic carbocycles. The smallest absolute Gasteiger partial charge is 0.186 e. The number of nitrogens with zero attached hydrogens (tertiary/aromatic N) is 2. The van der Waals surface area contributed by atoms with Crippen molar-refractivity contribution in [3.05, 3.63) is 29.8 Å². The number of hydrogen-bond acceptors (Lipinski definition) is 4. The van der Waals surface area contributed by atoms with E-state index in [2.05, 4.69) is 9.89 Å². The molecule has 0 bridgehead atoms. The van der Waals surface area contributed by atoms with E-state index in [4.69, 9.17) is 20.9 Å². The quantitative estimate of drug-likeness (QED) is 0.415. The van der Waals surface area contributed by atoms with Crippen molar-refractivity contribution in [2.24, 2.45) is 16.5 Å². The van der Waals surface area contributed by atoms with Gasteiger partial charge in [-0.1, -0.05) is 18.2 Å². The van der Waals surface area contributed by atoms with Crippen LogP contribution in [-0.2, 0) is 11.3 Å². The van der Waals surface area contributed by atoms with E-state index in [0.29, 0.717) is 13.2 Å². The highest BCUT2D eigenvalue weighted by molar-refractivity contribution is 14.0. The maximum atomic E-state index is 5.84. The van der Waals surface area contributed by atoms with Crippen LogP contribution < -0.4 is 16.2 Å². The third-order valence-electron chi connectivity index (χ3n) is 3.17. The second-order valence-corrected chi connectivity index (χ2v) is 4.65. The van der Waals surface area contributed by atoms with E-state index in [1.165, 1.54) is 0 Å². The summed E-state index contributed by atoms with van der Waals surface area (Å²) in [4.78, 5) is 6.35. The molecule has 21 heavy (non-hydrogen) atoms. The van der Waals surface area contributed by atoms with E-state index in [-0.39, 0.29) is 29.9 Å². The normalized spacial score (nSPS) is 15.0. The van der Waals surface area contributed by atoms with Gasteiger partial charge in [-0.15, -0.1) is 24.0 Å². The summed E-state index contributed by atoms with van der Waals surface area (Å²) in [6, 6.07) is 7.81. The average Bonchev–Trinajstić information content (AvgIpc) is 2.47. The van der Waals surface area contributed by atoms with Gasteiger partial charge < -0.3 is 20.9 Å². The van der Waals surface area contributed by atoms with Gasteiger partial charge in [-0.05, 0) is 6.07 Å². The Morgan fingerprint density at radius 2 is 1.95 bits per heavy atom. The number of rotatable bonds is 6. The summed E-state index contributed by atoms with van der Waals surface area (Å²) in [7, 11) is 0. The maximum absolute atomic E-state index is 5.84. The van der Waals surface area contributed by atoms with Gasteiger partial charge in [-0.2, -0.15) is 0 Å². The molecule has 0 amide bonds. The van der Waals surface area contributed by atoms with Crippen LogP contribution in [0.3, 0.4) is 0 Å². The number of hydrogen-bond donors (Lipinski definition) is 2. The molecule has 1 aromatic rings. The van der Waals surface area contributed by atoms with Crippen molar-refractivity contribution in [2.45, 2.75) is 6.54 Å². The first kappa shape index (κ1) is 18.0. The van der Waals surface area contributed by atoms with Crippen LogP contribution in [0.15, 0.2) is 29.3 Å². The zero-order valence-electron chi connectivity index (χ0n) is 12.0. The molecule has 2 rings (SSSR count). The molecular formula is C14H23IN4O2. The fourth-order valence-corrected chi connectivity index (χ4v) is 2.06. The number of para-hydroxylation sites is 1. The number of morpholine rings is 1. The first-order chi connectivity index (χ1) is 9.75. The van der Waals surface area contributed by atoms with Gasteiger partial charge in [0, 0.05) is 25.2 Å². The van der Waals surface area contributed by atoms with Gasteiger partial charge in [-0.3, -0.25) is 4.90 Å². The molecule has 1 aromatic carbocycles. The number of nitrogens with two attached hydrogens (primary N) is 2. The van der Waals surface area contributed by atoms with Crippen molar-refractivity contribution in [3.63, 3.8) is 0 Å². The van der Waals surface area contributed by atoms with Crippen LogP contribution in [0.1, 0.15) is 5.56 Å². The number of aliphatic imine (C=N–C) groups is 1. The third kappa shape index (κ3) is 6.49. The molecular weight excluding hydrogens is 383 g/mol. The van der Waals surface area contributed by atoms with Crippen LogP contribution in [0.4, 0.5) is 0 Å². The van der Waals surface area contributed by atoms with Crippen molar-refractivity contribution < 1.29 is 9.47 Å². The van der Waals surface area contributed by atoms with Gasteiger partial charge >= 0.3 is 0 Å². The van der Waals surface area contributed by atoms with E-state index >= 15 is 0 Å². The summed E-state index contributed by atoms with van der Waals surface area (Å²) in [5, 5.41) is 0. The standard InChI is InChI=1S/C14H22N4O2.HI/c15-14(16)17-11-12-3-1-2-4-13(12)20-10-7-18-5-8-19-9-6-18;/h1-4H,5-11H2,(H4,15,16,17);1H. The lowest BCUT2D eigenvalue weighted by Gasteiger charge is -2.26. The number of guanidine groups is 1. The Balaban J connectivity index is 0.00000220. The molecule has 1 fully saturated rings. The molecule has 7 heteroatoms. The molecule has 0 radical (unpaired) electrons. The lowest BCUT2D eigenvalue weighted by molar-refractivity contribution is 0.0322. The highest BCUT2D eigenvalue weighted by Gasteiger charge is 2.10. The third-order valence-corrected chi connectivity index (χ3v) is 3.17. The van der Waals surface area contributed by atoms with Crippen LogP contribution in [0, 0.1) is 0 Å². The molecule has 1 heterocycles. The Morgan fingerprint density at radius 3 is 2.67 bits per heavy atom. The van der Waals surface area contributed by atoms with Gasteiger partial charge in [0.2, 0.25) is 0 Å². The minimum Gasteiger partial charge on any atom is -0.492 e. The Hall–Kier alpha value is -1.06. The Morgan fingerprint density at radius 1 is 1.24 bits per heavy atom. The van der Waals surface area contributed by atoms with Gasteiger partial charge in [0.25, 0.3) is 0 Å². The van der Waals surface area contributed by atoms with E-state index in [0.717, 1.165) is 44.2 Å². The number of halogens is 1. The summed E-state index contributed by atoms with van der Waals surface area (Å²) in [6.07, 6.45) is 0. The maximum Gasteiger partial charge on any atom is 0.186 e. The molecule has 0 spiro atoms. The van der Waals surface area contributed by atoms with Gasteiger partial charge in [-0.25, -0.2) is 4.99 Å². The Kier molecular flexibility index (Phi) is 8.40. The van der Waals surface area contributed by atoms with E-state index in [9.17, 15) is 0 Å². The van der Waals surface area contributed by atoms with Gasteiger partial charge in [0.15, 0.2) is 5.96 Å². The van der Waals surface area contributed by atoms with Crippen LogP contribution in [0.25, 0.3) is 0 Å². The summed E-state index contributed by atoms with van der Waals surface area (Å²) in [5.41, 5.74) is 11.7. The van der Waals surface area contributed by atoms with Crippen molar-refractivity contribution in [1.29, 1.82) is 0 Å². The zero-order chi connectivity index (χ0) is 14.2. The Bertz CT molecular complexity index is 446. The first-order valence-electron chi connectivity index (χ1n) is 6.82. The molecule has 1 saturated heterocycles. The zero-order valence-corrected chi connectivity index (χ0v) is 14.4. The molecule has 1 aliphatic rings. The molecule has 6 nitrogen and oxygen atoms in total. The molecule has 1 aliphatic heterocycles. The van der Waals surface area contributed by atoms with E-state index < -0.39 is 0 Å². The van der Waals surface area contributed by atoms with E-state index in [1.807, 2.05) is 24.3 Å². The molecule has 4 N–H and O–H groups in total. The highest BCUT2D eigenvalue weighted by atomic mass is 127. The van der Waals surface area contributed by atoms with Crippen LogP contribution in [0.5, 0.6) is 5.75 Å². The average molecular weight is 406 g/mol. The van der Waals surface area contributed by atoms with Crippen molar-refractivity contribution in [3.8, 4) is 5.75 Å². The van der Waals surface area contributed by atoms with E-state index in [1.54, 1.807) is 0 Å². The summed E-state index contributed by atoms with van der Waals surface area (Å²) >= 11 is 0. The van der Waals surface area contributed by atoms with Crippen molar-refractivity contribution >= 4 is 29.9 Å². The van der Waals surface area contributed by atoms with Crippen LogP contribution >= 0.6 is 24.0 Å². The molecule has 0 aromatic heterocycles. The molecule has 0 unspecified atom stereocenters. The van der Waals surface area contributed by atoms with Crippen molar-refractivity contribution in [1.82, 2.24) is 4.90 Å². The Labute approximate surface area is 142 Å². The molecule has 0 atom stereocenters. The van der Waals surface area contributed by atoms with Crippen LogP contribution in [0.2, 0.25) is 0 Å². The highest BCUT2D eigenvalue weighted by Crippen LogP contribution is 2.18. The second-order valence-electron chi connectivity index (χ2n) is 4.65. The lowest BCUT2D eigenvalue weighted by Crippen LogP contribution is -2.38. The second kappa shape index (κ2) is 9.80. The minimum absolute atomic E-state index is 0. The number of ether oxygens (including phenoxy) is 2. The summed E-state index contributed by atoms with van der Waals surface area (Å²) in [6.45, 7) is 5.55. The predicted octanol–water partition coefficient (Wildman–Crippen LogP) is 0.789. The van der Waals surface area contributed by atoms with Gasteiger partial charge in [0.1, 0.15) is 12.4 Å². The minimum atomic E-state index is 0. The predicted molar refractivity (Wildman–Crippen MR) is 94.1 cm³/mol. The largest absolute Gasteiger partial charge is 0.492 e. The van der Waals surface area contributed by atoms with Crippen molar-refractivity contribution in [2.75, 3.05) is 39.5 Å². The fourth-order valence-electron chi connectivity index (χ4n) is 2.06. The molecule has 0 saturated carbocycles. The fraction of sp³-hybridized carbons (Fsp3) is 0.500. The topological polar surface area (TPSA) is 86.1 Å².